The van der Waals surface area contributed by atoms with Crippen LogP contribution in [0.1, 0.15) is 18.9 Å². The Morgan fingerprint density at radius 3 is 2.68 bits per heavy atom. The van der Waals surface area contributed by atoms with Crippen molar-refractivity contribution in [1.29, 1.82) is 0 Å². The summed E-state index contributed by atoms with van der Waals surface area (Å²) in [6, 6.07) is 18.6. The number of thioether (sulfide) groups is 1. The van der Waals surface area contributed by atoms with Gasteiger partial charge in [-0.3, -0.25) is 4.79 Å². The summed E-state index contributed by atoms with van der Waals surface area (Å²) in [7, 11) is 0. The Labute approximate surface area is 188 Å². The van der Waals surface area contributed by atoms with E-state index in [0.29, 0.717) is 11.7 Å². The largest absolute Gasteiger partial charge is 0.371 e. The second-order valence-corrected chi connectivity index (χ2v) is 8.84. The van der Waals surface area contributed by atoms with E-state index in [1.807, 2.05) is 18.2 Å². The lowest BCUT2D eigenvalue weighted by molar-refractivity contribution is -0.118. The molecule has 1 amide bonds. The average molecular weight is 436 g/mol. The average Bonchev–Trinajstić information content (AvgIpc) is 3.44. The molecule has 1 unspecified atom stereocenters. The fourth-order valence-electron chi connectivity index (χ4n) is 4.02. The SMILES string of the molecule is CCn1c(SCC(=O)NCC2CCN(c3ccccc3)C2)nnc1-c1ccccc1C. The molecule has 1 aliphatic rings. The number of amides is 1. The monoisotopic (exact) mass is 435 g/mol. The highest BCUT2D eigenvalue weighted by atomic mass is 32.2. The van der Waals surface area contributed by atoms with Gasteiger partial charge >= 0.3 is 0 Å². The molecule has 1 aromatic heterocycles. The van der Waals surface area contributed by atoms with E-state index in [1.54, 1.807) is 0 Å². The summed E-state index contributed by atoms with van der Waals surface area (Å²) in [6.45, 7) is 7.66. The fourth-order valence-corrected chi connectivity index (χ4v) is 4.85. The van der Waals surface area contributed by atoms with Crippen LogP contribution in [0.3, 0.4) is 0 Å². The maximum Gasteiger partial charge on any atom is 0.230 e. The van der Waals surface area contributed by atoms with E-state index in [4.69, 9.17) is 0 Å². The molecule has 0 radical (unpaired) electrons. The minimum atomic E-state index is 0.0475. The third-order valence-corrected chi connectivity index (χ3v) is 6.71. The zero-order valence-electron chi connectivity index (χ0n) is 18.1. The van der Waals surface area contributed by atoms with E-state index >= 15 is 0 Å². The number of hydrogen-bond donors (Lipinski definition) is 1. The number of rotatable bonds is 8. The molecule has 3 aromatic rings. The highest BCUT2D eigenvalue weighted by Gasteiger charge is 2.23. The van der Waals surface area contributed by atoms with Gasteiger partial charge in [-0.25, -0.2) is 0 Å². The highest BCUT2D eigenvalue weighted by Crippen LogP contribution is 2.26. The van der Waals surface area contributed by atoms with Gasteiger partial charge in [-0.1, -0.05) is 54.2 Å². The van der Waals surface area contributed by atoms with Crippen LogP contribution in [0.25, 0.3) is 11.4 Å². The summed E-state index contributed by atoms with van der Waals surface area (Å²) in [6.07, 6.45) is 1.10. The molecule has 0 bridgehead atoms. The molecule has 31 heavy (non-hydrogen) atoms. The zero-order chi connectivity index (χ0) is 21.6. The van der Waals surface area contributed by atoms with Gasteiger partial charge in [0.05, 0.1) is 5.75 Å². The molecule has 1 aliphatic heterocycles. The van der Waals surface area contributed by atoms with Crippen molar-refractivity contribution in [3.05, 3.63) is 60.2 Å². The van der Waals surface area contributed by atoms with E-state index in [1.165, 1.54) is 23.0 Å². The Morgan fingerprint density at radius 1 is 1.13 bits per heavy atom. The Balaban J connectivity index is 1.28. The molecule has 0 spiro atoms. The lowest BCUT2D eigenvalue weighted by Gasteiger charge is -2.18. The number of anilines is 1. The second-order valence-electron chi connectivity index (χ2n) is 7.89. The van der Waals surface area contributed by atoms with E-state index < -0.39 is 0 Å². The van der Waals surface area contributed by atoms with E-state index in [9.17, 15) is 4.79 Å². The van der Waals surface area contributed by atoms with Crippen molar-refractivity contribution in [2.45, 2.75) is 32.0 Å². The van der Waals surface area contributed by atoms with Gasteiger partial charge in [0.25, 0.3) is 0 Å². The summed E-state index contributed by atoms with van der Waals surface area (Å²) < 4.78 is 2.08. The van der Waals surface area contributed by atoms with Crippen molar-refractivity contribution in [3.8, 4) is 11.4 Å². The van der Waals surface area contributed by atoms with Gasteiger partial charge in [-0.05, 0) is 43.9 Å². The van der Waals surface area contributed by atoms with Crippen LogP contribution in [0, 0.1) is 12.8 Å². The number of benzene rings is 2. The first-order valence-corrected chi connectivity index (χ1v) is 11.8. The van der Waals surface area contributed by atoms with Crippen LogP contribution in [-0.2, 0) is 11.3 Å². The predicted octanol–water partition coefficient (Wildman–Crippen LogP) is 4.01. The predicted molar refractivity (Wildman–Crippen MR) is 126 cm³/mol. The number of aromatic nitrogens is 3. The molecule has 0 saturated carbocycles. The molecule has 1 N–H and O–H groups in total. The van der Waals surface area contributed by atoms with Crippen molar-refractivity contribution >= 4 is 23.4 Å². The molecular weight excluding hydrogens is 406 g/mol. The first-order chi connectivity index (χ1) is 15.2. The minimum Gasteiger partial charge on any atom is -0.371 e. The van der Waals surface area contributed by atoms with E-state index in [0.717, 1.165) is 49.1 Å². The van der Waals surface area contributed by atoms with Crippen molar-refractivity contribution in [3.63, 3.8) is 0 Å². The molecule has 2 heterocycles. The van der Waals surface area contributed by atoms with Crippen LogP contribution in [0.15, 0.2) is 59.8 Å². The first kappa shape index (κ1) is 21.4. The summed E-state index contributed by atoms with van der Waals surface area (Å²) in [4.78, 5) is 14.8. The smallest absolute Gasteiger partial charge is 0.230 e. The molecule has 1 atom stereocenters. The first-order valence-electron chi connectivity index (χ1n) is 10.8. The Morgan fingerprint density at radius 2 is 1.90 bits per heavy atom. The van der Waals surface area contributed by atoms with Gasteiger partial charge < -0.3 is 14.8 Å². The summed E-state index contributed by atoms with van der Waals surface area (Å²) >= 11 is 1.45. The lowest BCUT2D eigenvalue weighted by Crippen LogP contribution is -2.32. The Kier molecular flexibility index (Phi) is 6.92. The Bertz CT molecular complexity index is 1020. The molecule has 2 aromatic carbocycles. The maximum atomic E-state index is 12.5. The quantitative estimate of drug-likeness (QED) is 0.542. The van der Waals surface area contributed by atoms with Crippen LogP contribution in [-0.4, -0.2) is 46.1 Å². The third-order valence-electron chi connectivity index (χ3n) is 5.75. The lowest BCUT2D eigenvalue weighted by atomic mass is 10.1. The van der Waals surface area contributed by atoms with Gasteiger partial charge in [0.2, 0.25) is 5.91 Å². The van der Waals surface area contributed by atoms with E-state index in [2.05, 4.69) is 75.2 Å². The van der Waals surface area contributed by atoms with Crippen molar-refractivity contribution < 1.29 is 4.79 Å². The summed E-state index contributed by atoms with van der Waals surface area (Å²) in [5.74, 6) is 1.74. The molecule has 6 nitrogen and oxygen atoms in total. The van der Waals surface area contributed by atoms with Crippen LogP contribution in [0.4, 0.5) is 5.69 Å². The Hall–Kier alpha value is -2.80. The van der Waals surface area contributed by atoms with Gasteiger partial charge in [0, 0.05) is 37.4 Å². The van der Waals surface area contributed by atoms with Gasteiger partial charge in [0.1, 0.15) is 0 Å². The highest BCUT2D eigenvalue weighted by molar-refractivity contribution is 7.99. The fraction of sp³-hybridized carbons (Fsp3) is 0.375. The molecule has 162 valence electrons. The molecule has 1 saturated heterocycles. The zero-order valence-corrected chi connectivity index (χ0v) is 18.9. The van der Waals surface area contributed by atoms with E-state index in [-0.39, 0.29) is 5.91 Å². The van der Waals surface area contributed by atoms with Crippen molar-refractivity contribution in [1.82, 2.24) is 20.1 Å². The molecular formula is C24H29N5OS. The van der Waals surface area contributed by atoms with Crippen LogP contribution in [0.2, 0.25) is 0 Å². The normalized spacial score (nSPS) is 15.9. The summed E-state index contributed by atoms with van der Waals surface area (Å²) in [5, 5.41) is 12.6. The van der Waals surface area contributed by atoms with Crippen molar-refractivity contribution in [2.75, 3.05) is 30.3 Å². The standard InChI is InChI=1S/C24H29N5OS/c1-3-29-23(21-12-8-7-9-18(21)2)26-27-24(29)31-17-22(30)25-15-19-13-14-28(16-19)20-10-5-4-6-11-20/h4-12,19H,3,13-17H2,1-2H3,(H,25,30). The minimum absolute atomic E-state index is 0.0475. The molecule has 4 rings (SSSR count). The third kappa shape index (κ3) is 5.10. The topological polar surface area (TPSA) is 63.1 Å². The number of carbonyl (C=O) groups excluding carboxylic acids is 1. The van der Waals surface area contributed by atoms with Gasteiger partial charge in [-0.15, -0.1) is 10.2 Å². The molecule has 7 heteroatoms. The van der Waals surface area contributed by atoms with Crippen LogP contribution < -0.4 is 10.2 Å². The van der Waals surface area contributed by atoms with Crippen LogP contribution >= 0.6 is 11.8 Å². The molecule has 1 fully saturated rings. The van der Waals surface area contributed by atoms with Gasteiger partial charge in [-0.2, -0.15) is 0 Å². The van der Waals surface area contributed by atoms with Crippen LogP contribution in [0.5, 0.6) is 0 Å². The number of para-hydroxylation sites is 1. The van der Waals surface area contributed by atoms with Gasteiger partial charge in [0.15, 0.2) is 11.0 Å². The number of hydrogen-bond acceptors (Lipinski definition) is 5. The van der Waals surface area contributed by atoms with Crippen molar-refractivity contribution in [2.24, 2.45) is 5.92 Å². The molecule has 0 aliphatic carbocycles. The number of nitrogens with one attached hydrogen (secondary N) is 1. The number of aryl methyl sites for hydroxylation is 1. The second kappa shape index (κ2) is 10.0. The number of nitrogens with zero attached hydrogens (tertiary/aromatic N) is 4. The maximum absolute atomic E-state index is 12.5. The summed E-state index contributed by atoms with van der Waals surface area (Å²) in [5.41, 5.74) is 3.51. The number of carbonyl (C=O) groups is 1.